The van der Waals surface area contributed by atoms with Crippen LogP contribution < -0.4 is 26.4 Å². The number of ether oxygens (including phenoxy) is 2. The average molecular weight is 1330 g/mol. The molecule has 0 unspecified atom stereocenters. The number of nitrogens with zero attached hydrogens (tertiary/aromatic N) is 7. The number of benzene rings is 3. The van der Waals surface area contributed by atoms with Gasteiger partial charge in [-0.15, -0.1) is 16.4 Å². The van der Waals surface area contributed by atoms with E-state index in [1.807, 2.05) is 51.1 Å². The molecule has 7 heterocycles. The van der Waals surface area contributed by atoms with Crippen molar-refractivity contribution in [2.24, 2.45) is 11.1 Å². The van der Waals surface area contributed by atoms with Gasteiger partial charge in [0.05, 0.1) is 70.5 Å². The van der Waals surface area contributed by atoms with Crippen LogP contribution in [0.15, 0.2) is 72.2 Å². The van der Waals surface area contributed by atoms with Gasteiger partial charge in [-0.2, -0.15) is 0 Å². The van der Waals surface area contributed by atoms with Crippen molar-refractivity contribution in [3.8, 4) is 16.2 Å². The van der Waals surface area contributed by atoms with Crippen LogP contribution in [0.5, 0.6) is 5.75 Å². The SMILES string of the molecule is CC(=O)N1CC[C@H]2CC[C@@H](C(=O)N[C@@H](CCC(N)=O)COc3cccc(CCCc4nnn5c4COCC(C)(C)[C@H]5C(=O)N4C[C@H](O)C[C@H]4C(=O)N[C@@H](CO)c4ccc(-c5scnc5C)cc4)c3Cl)N2C(=O)[C@@H](NC(=O)c2cc3cc(C(=O)P(=O)(O)O)ccc3[nH]2)C1. The van der Waals surface area contributed by atoms with Crippen LogP contribution in [0.4, 0.5) is 0 Å². The van der Waals surface area contributed by atoms with Crippen LogP contribution in [0.1, 0.15) is 127 Å². The van der Waals surface area contributed by atoms with Crippen LogP contribution in [-0.2, 0) is 57.5 Å². The maximum Gasteiger partial charge on any atom is 0.396 e. The molecule has 4 aliphatic heterocycles. The van der Waals surface area contributed by atoms with Crippen LogP contribution in [-0.4, -0.2) is 182 Å². The molecule has 10 N–H and O–H groups in total. The number of H-pyrrole nitrogens is 1. The summed E-state index contributed by atoms with van der Waals surface area (Å²) in [6, 6.07) is 11.4. The third-order valence-corrected chi connectivity index (χ3v) is 19.7. The summed E-state index contributed by atoms with van der Waals surface area (Å²) in [6.07, 6.45) is 1.29. The van der Waals surface area contributed by atoms with Crippen LogP contribution >= 0.6 is 30.5 Å². The van der Waals surface area contributed by atoms with Crippen molar-refractivity contribution in [1.29, 1.82) is 0 Å². The maximum atomic E-state index is 14.9. The zero-order chi connectivity index (χ0) is 65.9. The van der Waals surface area contributed by atoms with Gasteiger partial charge in [0.15, 0.2) is 0 Å². The number of hydrogen-bond acceptors (Lipinski definition) is 17. The lowest BCUT2D eigenvalue weighted by Gasteiger charge is -2.38. The van der Waals surface area contributed by atoms with Crippen molar-refractivity contribution in [3.05, 3.63) is 117 Å². The third kappa shape index (κ3) is 14.8. The molecule has 490 valence electrons. The molecule has 0 aliphatic carbocycles. The number of primary amides is 1. The number of nitrogens with one attached hydrogen (secondary N) is 4. The molecule has 3 fully saturated rings. The zero-order valence-corrected chi connectivity index (χ0v) is 53.5. The highest BCUT2D eigenvalue weighted by atomic mass is 35.5. The predicted molar refractivity (Wildman–Crippen MR) is 335 cm³/mol. The van der Waals surface area contributed by atoms with Crippen LogP contribution in [0.2, 0.25) is 5.02 Å². The summed E-state index contributed by atoms with van der Waals surface area (Å²) >= 11 is 8.54. The Morgan fingerprint density at radius 2 is 1.74 bits per heavy atom. The summed E-state index contributed by atoms with van der Waals surface area (Å²) in [5.41, 5.74) is 9.55. The Hall–Kier alpha value is -7.95. The van der Waals surface area contributed by atoms with Crippen molar-refractivity contribution in [2.75, 3.05) is 39.5 Å². The summed E-state index contributed by atoms with van der Waals surface area (Å²) in [6.45, 7) is 6.62. The van der Waals surface area contributed by atoms with Gasteiger partial charge in [0.1, 0.15) is 42.2 Å². The molecule has 3 saturated heterocycles. The van der Waals surface area contributed by atoms with Crippen molar-refractivity contribution in [3.63, 3.8) is 0 Å². The fourth-order valence-corrected chi connectivity index (χ4v) is 14.3. The molecule has 8 atom stereocenters. The standard InChI is InChI=1S/C62H74ClN12O15PS/c1-33-54(92-32-65-33)37-13-11-35(12-14-37)47(28-76)69-58(82)49-25-42(78)26-73(49)60(84)55-62(3,4)31-89-30-50-44(70-71-75(50)55)9-5-7-36-8-6-10-51(53(36)63)90-29-40(16-20-52(64)79)66-57(81)48-19-17-41-21-22-72(34(2)77)27-46(59(83)74(41)48)68-56(80)45-24-39-23-38(15-18-43(39)67-45)61(85)91(86,87)88/h6,8,10-15,18,23-24,32,40-42,46-49,55,67,76,78H,5,7,9,16-17,19-22,25-31H2,1-4H3,(H2,64,79)(H,66,81)(H,68,80)(H,69,82)(H2,86,87,88)/t40-,41+,42+,46-,47-,48-,49-,55+/m0/s1. The second-order valence-corrected chi connectivity index (χ2v) is 27.3. The number of aliphatic hydroxyl groups is 2. The number of rotatable bonds is 22. The largest absolute Gasteiger partial charge is 0.490 e. The van der Waals surface area contributed by atoms with Gasteiger partial charge in [-0.05, 0) is 98.9 Å². The van der Waals surface area contributed by atoms with Gasteiger partial charge < -0.3 is 70.8 Å². The summed E-state index contributed by atoms with van der Waals surface area (Å²) in [7, 11) is -5.10. The number of nitrogens with two attached hydrogens (primary N) is 1. The lowest BCUT2D eigenvalue weighted by atomic mass is 9.84. The van der Waals surface area contributed by atoms with Gasteiger partial charge in [0.2, 0.25) is 35.4 Å². The Morgan fingerprint density at radius 3 is 2.45 bits per heavy atom. The van der Waals surface area contributed by atoms with Gasteiger partial charge in [0, 0.05) is 67.3 Å². The van der Waals surface area contributed by atoms with E-state index < -0.39 is 109 Å². The third-order valence-electron chi connectivity index (χ3n) is 17.5. The van der Waals surface area contributed by atoms with Gasteiger partial charge in [-0.25, -0.2) is 9.67 Å². The number of aromatic nitrogens is 5. The van der Waals surface area contributed by atoms with E-state index in [1.54, 1.807) is 22.3 Å². The van der Waals surface area contributed by atoms with Crippen molar-refractivity contribution < 1.29 is 72.4 Å². The number of hydrogen-bond donors (Lipinski definition) is 9. The first-order valence-electron chi connectivity index (χ1n) is 30.3. The highest BCUT2D eigenvalue weighted by Gasteiger charge is 2.50. The monoisotopic (exact) mass is 1320 g/mol. The predicted octanol–water partition coefficient (Wildman–Crippen LogP) is 3.79. The minimum atomic E-state index is -5.10. The van der Waals surface area contributed by atoms with Gasteiger partial charge in [-0.1, -0.05) is 67.1 Å². The molecular weight excluding hydrogens is 1250 g/mol. The first-order valence-corrected chi connectivity index (χ1v) is 33.2. The molecular formula is C62H74ClN12O15PS. The fraction of sp³-hybridized carbons (Fsp3) is 0.468. The van der Waals surface area contributed by atoms with E-state index in [1.165, 1.54) is 57.2 Å². The lowest BCUT2D eigenvalue weighted by Crippen LogP contribution is -2.61. The number of amides is 7. The van der Waals surface area contributed by atoms with Gasteiger partial charge in [0.25, 0.3) is 11.4 Å². The van der Waals surface area contributed by atoms with E-state index in [4.69, 9.17) is 26.8 Å². The first kappa shape index (κ1) is 67.0. The van der Waals surface area contributed by atoms with Gasteiger partial charge >= 0.3 is 7.60 Å². The molecule has 0 radical (unpaired) electrons. The van der Waals surface area contributed by atoms with Crippen molar-refractivity contribution in [1.82, 2.24) is 55.6 Å². The number of aryl methyl sites for hydroxylation is 3. The van der Waals surface area contributed by atoms with E-state index in [0.29, 0.717) is 59.6 Å². The number of β-amino-alcohol motifs (C(OH)–C–C–N with tert-alkyl or cyclic N) is 1. The smallest absolute Gasteiger partial charge is 0.396 e. The second-order valence-electron chi connectivity index (χ2n) is 24.6. The molecule has 6 aromatic rings. The summed E-state index contributed by atoms with van der Waals surface area (Å²) in [5, 5.41) is 39.7. The number of thiazole rings is 1. The molecule has 92 heavy (non-hydrogen) atoms. The highest BCUT2D eigenvalue weighted by molar-refractivity contribution is 7.70. The molecule has 10 rings (SSSR count). The number of halogens is 1. The molecule has 7 amide bonds. The van der Waals surface area contributed by atoms with Crippen molar-refractivity contribution >= 4 is 88.3 Å². The Morgan fingerprint density at radius 1 is 0.978 bits per heavy atom. The first-order chi connectivity index (χ1) is 43.8. The van der Waals surface area contributed by atoms with E-state index in [-0.39, 0.29) is 93.4 Å². The molecule has 30 heteroatoms. The molecule has 0 saturated carbocycles. The quantitative estimate of drug-likeness (QED) is 0.0437. The Balaban J connectivity index is 0.776. The van der Waals surface area contributed by atoms with Crippen molar-refractivity contribution in [2.45, 2.75) is 140 Å². The van der Waals surface area contributed by atoms with E-state index >= 15 is 0 Å². The second kappa shape index (κ2) is 28.1. The summed E-state index contributed by atoms with van der Waals surface area (Å²) in [4.78, 5) is 141. The minimum Gasteiger partial charge on any atom is -0.490 e. The zero-order valence-electron chi connectivity index (χ0n) is 51.1. The fourth-order valence-electron chi connectivity index (χ4n) is 12.7. The van der Waals surface area contributed by atoms with Crippen LogP contribution in [0.25, 0.3) is 21.3 Å². The van der Waals surface area contributed by atoms with E-state index in [0.717, 1.165) is 21.7 Å². The minimum absolute atomic E-state index is 0.0117. The molecule has 27 nitrogen and oxygen atoms in total. The number of fused-ring (bicyclic) bond motifs is 3. The average Bonchev–Trinajstić information content (AvgIpc) is 1.66. The van der Waals surface area contributed by atoms with E-state index in [9.17, 15) is 62.9 Å². The molecule has 0 spiro atoms. The summed E-state index contributed by atoms with van der Waals surface area (Å²) in [5.74, 6) is -3.56. The Bertz CT molecular complexity index is 3850. The molecule has 0 bridgehead atoms. The Labute approximate surface area is 537 Å². The topological polar surface area (TPSA) is 384 Å². The highest BCUT2D eigenvalue weighted by Crippen LogP contribution is 2.41. The van der Waals surface area contributed by atoms with Gasteiger partial charge in [-0.3, -0.25) is 42.9 Å². The number of aliphatic hydroxyl groups excluding tert-OH is 2. The number of carbonyl (C=O) groups is 8. The van der Waals surface area contributed by atoms with Crippen LogP contribution in [0.3, 0.4) is 0 Å². The molecule has 3 aromatic heterocycles. The normalized spacial score (nSPS) is 21.3. The molecule has 3 aromatic carbocycles. The maximum absolute atomic E-state index is 14.9. The number of likely N-dealkylation sites (tertiary alicyclic amines) is 1. The summed E-state index contributed by atoms with van der Waals surface area (Å²) < 4.78 is 25.7. The number of carbonyl (C=O) groups excluding carboxylic acids is 8. The van der Waals surface area contributed by atoms with E-state index in [2.05, 4.69) is 36.2 Å². The number of aromatic amines is 1. The van der Waals surface area contributed by atoms with Crippen LogP contribution in [0, 0.1) is 12.3 Å². The Kier molecular flexibility index (Phi) is 20.5. The lowest BCUT2D eigenvalue weighted by molar-refractivity contribution is -0.145. The molecule has 4 aliphatic rings.